The molecule has 0 aliphatic rings. The minimum atomic E-state index is 0.556. The molecule has 1 aromatic rings. The number of hydrogen-bond donors (Lipinski definition) is 2. The van der Waals surface area contributed by atoms with Gasteiger partial charge in [0.25, 0.3) is 0 Å². The summed E-state index contributed by atoms with van der Waals surface area (Å²) in [4.78, 5) is 1.19. The molecule has 1 aromatic heterocycles. The van der Waals surface area contributed by atoms with Crippen molar-refractivity contribution in [2.24, 2.45) is 0 Å². The molecule has 0 unspecified atom stereocenters. The SMILES string of the molecule is CCCCCSc1ccc(CNO)s1. The van der Waals surface area contributed by atoms with E-state index in [4.69, 9.17) is 5.21 Å². The Hall–Kier alpha value is -0.0300. The van der Waals surface area contributed by atoms with Gasteiger partial charge in [-0.2, -0.15) is 0 Å². The minimum absolute atomic E-state index is 0.556. The van der Waals surface area contributed by atoms with Gasteiger partial charge < -0.3 is 5.21 Å². The molecule has 0 aromatic carbocycles. The van der Waals surface area contributed by atoms with Crippen LogP contribution in [0, 0.1) is 0 Å². The van der Waals surface area contributed by atoms with E-state index in [1.54, 1.807) is 11.3 Å². The number of rotatable bonds is 7. The van der Waals surface area contributed by atoms with Crippen molar-refractivity contribution in [2.45, 2.75) is 36.9 Å². The van der Waals surface area contributed by atoms with Crippen LogP contribution in [-0.4, -0.2) is 11.0 Å². The second-order valence-corrected chi connectivity index (χ2v) is 5.67. The van der Waals surface area contributed by atoms with E-state index < -0.39 is 0 Å². The smallest absolute Gasteiger partial charge is 0.0601 e. The maximum absolute atomic E-state index is 8.52. The molecule has 80 valence electrons. The Morgan fingerprint density at radius 2 is 2.29 bits per heavy atom. The second-order valence-electron chi connectivity index (χ2n) is 3.11. The maximum atomic E-state index is 8.52. The van der Waals surface area contributed by atoms with Crippen LogP contribution in [0.1, 0.15) is 31.1 Å². The van der Waals surface area contributed by atoms with Crippen LogP contribution in [0.3, 0.4) is 0 Å². The van der Waals surface area contributed by atoms with Crippen molar-refractivity contribution in [1.29, 1.82) is 0 Å². The monoisotopic (exact) mass is 231 g/mol. The number of nitrogens with one attached hydrogen (secondary N) is 1. The van der Waals surface area contributed by atoms with Gasteiger partial charge in [0.2, 0.25) is 0 Å². The van der Waals surface area contributed by atoms with Gasteiger partial charge in [-0.25, -0.2) is 5.48 Å². The Morgan fingerprint density at radius 3 is 3.00 bits per heavy atom. The van der Waals surface area contributed by atoms with Gasteiger partial charge in [0, 0.05) is 4.88 Å². The zero-order valence-corrected chi connectivity index (χ0v) is 10.1. The predicted octanol–water partition coefficient (Wildman–Crippen LogP) is 3.51. The van der Waals surface area contributed by atoms with Crippen LogP contribution in [0.4, 0.5) is 0 Å². The summed E-state index contributed by atoms with van der Waals surface area (Å²) >= 11 is 3.67. The van der Waals surface area contributed by atoms with Crippen LogP contribution in [0.5, 0.6) is 0 Å². The van der Waals surface area contributed by atoms with Crippen molar-refractivity contribution in [1.82, 2.24) is 5.48 Å². The topological polar surface area (TPSA) is 32.3 Å². The number of unbranched alkanes of at least 4 members (excludes halogenated alkanes) is 2. The van der Waals surface area contributed by atoms with Crippen LogP contribution in [-0.2, 0) is 6.54 Å². The van der Waals surface area contributed by atoms with E-state index in [9.17, 15) is 0 Å². The molecule has 0 saturated heterocycles. The van der Waals surface area contributed by atoms with E-state index in [0.29, 0.717) is 6.54 Å². The van der Waals surface area contributed by atoms with Gasteiger partial charge >= 0.3 is 0 Å². The molecular formula is C10H17NOS2. The standard InChI is InChI=1S/C10H17NOS2/c1-2-3-4-7-13-10-6-5-9(14-10)8-11-12/h5-6,11-12H,2-4,7-8H2,1H3. The first-order chi connectivity index (χ1) is 6.86. The van der Waals surface area contributed by atoms with Crippen LogP contribution in [0.15, 0.2) is 16.3 Å². The van der Waals surface area contributed by atoms with Gasteiger partial charge in [-0.05, 0) is 24.3 Å². The Balaban J connectivity index is 2.22. The van der Waals surface area contributed by atoms with Crippen LogP contribution >= 0.6 is 23.1 Å². The molecule has 0 aliphatic heterocycles. The molecule has 0 radical (unpaired) electrons. The Labute approximate surface area is 93.7 Å². The zero-order valence-electron chi connectivity index (χ0n) is 8.45. The van der Waals surface area contributed by atoms with E-state index in [-0.39, 0.29) is 0 Å². The van der Waals surface area contributed by atoms with E-state index in [2.05, 4.69) is 24.5 Å². The van der Waals surface area contributed by atoms with Crippen LogP contribution in [0.2, 0.25) is 0 Å². The van der Waals surface area contributed by atoms with Crippen molar-refractivity contribution in [2.75, 3.05) is 5.75 Å². The summed E-state index contributed by atoms with van der Waals surface area (Å²) in [6.45, 7) is 2.78. The number of hydroxylamine groups is 1. The second kappa shape index (κ2) is 7.29. The van der Waals surface area contributed by atoms with E-state index in [0.717, 1.165) is 0 Å². The van der Waals surface area contributed by atoms with Crippen molar-refractivity contribution in [3.63, 3.8) is 0 Å². The third-order valence-electron chi connectivity index (χ3n) is 1.88. The summed E-state index contributed by atoms with van der Waals surface area (Å²) in [7, 11) is 0. The molecule has 0 fully saturated rings. The minimum Gasteiger partial charge on any atom is -0.316 e. The molecule has 0 amide bonds. The normalized spacial score (nSPS) is 10.7. The molecule has 0 saturated carbocycles. The summed E-state index contributed by atoms with van der Waals surface area (Å²) < 4.78 is 1.35. The lowest BCUT2D eigenvalue weighted by Gasteiger charge is -1.96. The highest BCUT2D eigenvalue weighted by Gasteiger charge is 1.99. The molecule has 0 bridgehead atoms. The molecule has 2 nitrogen and oxygen atoms in total. The van der Waals surface area contributed by atoms with Gasteiger partial charge in [-0.1, -0.05) is 19.8 Å². The van der Waals surface area contributed by atoms with Gasteiger partial charge in [0.05, 0.1) is 10.8 Å². The van der Waals surface area contributed by atoms with E-state index in [1.165, 1.54) is 34.1 Å². The molecule has 1 heterocycles. The van der Waals surface area contributed by atoms with E-state index >= 15 is 0 Å². The quantitative estimate of drug-likeness (QED) is 0.428. The Kier molecular flexibility index (Phi) is 6.27. The molecular weight excluding hydrogens is 214 g/mol. The highest BCUT2D eigenvalue weighted by Crippen LogP contribution is 2.27. The first-order valence-electron chi connectivity index (χ1n) is 4.95. The highest BCUT2D eigenvalue weighted by atomic mass is 32.2. The Bertz CT molecular complexity index is 250. The molecule has 0 aliphatic carbocycles. The van der Waals surface area contributed by atoms with Crippen LogP contribution < -0.4 is 5.48 Å². The summed E-state index contributed by atoms with van der Waals surface area (Å²) in [5, 5.41) is 8.52. The lowest BCUT2D eigenvalue weighted by molar-refractivity contribution is 0.162. The number of thioether (sulfide) groups is 1. The van der Waals surface area contributed by atoms with Gasteiger partial charge in [0.15, 0.2) is 0 Å². The van der Waals surface area contributed by atoms with Gasteiger partial charge in [-0.3, -0.25) is 0 Å². The fraction of sp³-hybridized carbons (Fsp3) is 0.600. The predicted molar refractivity (Wildman–Crippen MR) is 63.2 cm³/mol. The summed E-state index contributed by atoms with van der Waals surface area (Å²) in [6, 6.07) is 4.20. The van der Waals surface area contributed by atoms with Crippen molar-refractivity contribution >= 4 is 23.1 Å². The van der Waals surface area contributed by atoms with Crippen molar-refractivity contribution in [3.05, 3.63) is 17.0 Å². The number of thiophene rings is 1. The largest absolute Gasteiger partial charge is 0.316 e. The summed E-state index contributed by atoms with van der Waals surface area (Å²) in [5.41, 5.74) is 2.17. The van der Waals surface area contributed by atoms with Crippen molar-refractivity contribution < 1.29 is 5.21 Å². The Morgan fingerprint density at radius 1 is 1.43 bits per heavy atom. The van der Waals surface area contributed by atoms with Crippen molar-refractivity contribution in [3.8, 4) is 0 Å². The molecule has 0 atom stereocenters. The molecule has 4 heteroatoms. The number of hydrogen-bond acceptors (Lipinski definition) is 4. The molecule has 1 rings (SSSR count). The first kappa shape index (κ1) is 12.0. The van der Waals surface area contributed by atoms with E-state index in [1.807, 2.05) is 11.8 Å². The maximum Gasteiger partial charge on any atom is 0.0601 e. The molecule has 2 N–H and O–H groups in total. The van der Waals surface area contributed by atoms with Gasteiger partial charge in [0.1, 0.15) is 0 Å². The van der Waals surface area contributed by atoms with Crippen LogP contribution in [0.25, 0.3) is 0 Å². The fourth-order valence-electron chi connectivity index (χ4n) is 1.13. The average molecular weight is 231 g/mol. The zero-order chi connectivity index (χ0) is 10.2. The van der Waals surface area contributed by atoms with Gasteiger partial charge in [-0.15, -0.1) is 23.1 Å². The fourth-order valence-corrected chi connectivity index (χ4v) is 3.32. The first-order valence-corrected chi connectivity index (χ1v) is 6.75. The highest BCUT2D eigenvalue weighted by molar-refractivity contribution is 8.01. The molecule has 14 heavy (non-hydrogen) atoms. The lowest BCUT2D eigenvalue weighted by Crippen LogP contribution is -2.03. The third-order valence-corrected chi connectivity index (χ3v) is 4.28. The summed E-state index contributed by atoms with van der Waals surface area (Å²) in [5.74, 6) is 1.21. The third kappa shape index (κ3) is 4.46. The molecule has 0 spiro atoms. The summed E-state index contributed by atoms with van der Waals surface area (Å²) in [6.07, 6.45) is 3.90. The average Bonchev–Trinajstić information content (AvgIpc) is 2.61. The lowest BCUT2D eigenvalue weighted by atomic mass is 10.3.